The summed E-state index contributed by atoms with van der Waals surface area (Å²) in [6.07, 6.45) is 0.837. The predicted molar refractivity (Wildman–Crippen MR) is 59.2 cm³/mol. The molecule has 0 aliphatic carbocycles. The van der Waals surface area contributed by atoms with E-state index in [0.717, 1.165) is 32.8 Å². The van der Waals surface area contributed by atoms with Gasteiger partial charge in [0.05, 0.1) is 32.3 Å². The summed E-state index contributed by atoms with van der Waals surface area (Å²) in [5.74, 6) is 0.223. The Morgan fingerprint density at radius 3 is 1.87 bits per heavy atom. The lowest BCUT2D eigenvalue weighted by Crippen LogP contribution is -2.16. The molecule has 4 nitrogen and oxygen atoms in total. The fourth-order valence-electron chi connectivity index (χ4n) is 1.42. The number of rotatable bonds is 1. The predicted octanol–water partition coefficient (Wildman–Crippen LogP) is 0.901. The van der Waals surface area contributed by atoms with Gasteiger partial charge >= 0.3 is 0 Å². The summed E-state index contributed by atoms with van der Waals surface area (Å²) >= 11 is 4.08. The second-order valence-electron chi connectivity index (χ2n) is 3.49. The highest BCUT2D eigenvalue weighted by Gasteiger charge is 2.28. The Hall–Kier alpha value is -0.100. The zero-order chi connectivity index (χ0) is 11.1. The number of hydrogen-bond acceptors (Lipinski definition) is 5. The number of ether oxygens (including phenoxy) is 3. The molecule has 0 amide bonds. The van der Waals surface area contributed by atoms with Gasteiger partial charge in [-0.2, -0.15) is 0 Å². The number of hydrogen-bond donors (Lipinski definition) is 1. The number of carbonyl (C=O) groups is 1. The van der Waals surface area contributed by atoms with Gasteiger partial charge in [-0.25, -0.2) is 0 Å². The van der Waals surface area contributed by atoms with Gasteiger partial charge in [-0.15, -0.1) is 12.6 Å². The topological polar surface area (TPSA) is 44.8 Å². The van der Waals surface area contributed by atoms with Gasteiger partial charge in [0, 0.05) is 6.61 Å². The second kappa shape index (κ2) is 7.22. The van der Waals surface area contributed by atoms with Gasteiger partial charge in [0.2, 0.25) is 0 Å². The van der Waals surface area contributed by atoms with Crippen LogP contribution in [0.5, 0.6) is 0 Å². The van der Waals surface area contributed by atoms with E-state index in [9.17, 15) is 4.79 Å². The Bertz CT molecular complexity index is 182. The van der Waals surface area contributed by atoms with E-state index >= 15 is 0 Å². The summed E-state index contributed by atoms with van der Waals surface area (Å²) in [6.45, 7) is 5.38. The smallest absolute Gasteiger partial charge is 0.136 e. The van der Waals surface area contributed by atoms with Crippen LogP contribution in [0.4, 0.5) is 0 Å². The van der Waals surface area contributed by atoms with Crippen molar-refractivity contribution >= 4 is 18.4 Å². The van der Waals surface area contributed by atoms with Crippen LogP contribution < -0.4 is 0 Å². The Balaban J connectivity index is 0.000000162. The quantitative estimate of drug-likeness (QED) is 0.685. The molecule has 15 heavy (non-hydrogen) atoms. The van der Waals surface area contributed by atoms with Crippen LogP contribution in [0.25, 0.3) is 0 Å². The van der Waals surface area contributed by atoms with Gasteiger partial charge < -0.3 is 14.2 Å². The van der Waals surface area contributed by atoms with Gasteiger partial charge in [-0.3, -0.25) is 4.79 Å². The lowest BCUT2D eigenvalue weighted by atomic mass is 10.1. The summed E-state index contributed by atoms with van der Waals surface area (Å²) in [6, 6.07) is 0. The summed E-state index contributed by atoms with van der Waals surface area (Å²) in [5, 5.41) is 0. The molecule has 2 aliphatic rings. The molecule has 2 unspecified atom stereocenters. The molecule has 0 spiro atoms. The molecule has 0 radical (unpaired) electrons. The zero-order valence-corrected chi connectivity index (χ0v) is 9.87. The van der Waals surface area contributed by atoms with E-state index in [1.54, 1.807) is 6.92 Å². The van der Waals surface area contributed by atoms with Crippen LogP contribution in [0.1, 0.15) is 13.3 Å². The first-order chi connectivity index (χ1) is 7.22. The van der Waals surface area contributed by atoms with E-state index in [1.165, 1.54) is 0 Å². The largest absolute Gasteiger partial charge is 0.377 e. The van der Waals surface area contributed by atoms with Gasteiger partial charge in [0.15, 0.2) is 0 Å². The third-order valence-electron chi connectivity index (χ3n) is 2.33. The lowest BCUT2D eigenvalue weighted by molar-refractivity contribution is -0.121. The minimum atomic E-state index is -0.150. The molecule has 0 aromatic rings. The minimum Gasteiger partial charge on any atom is -0.377 e. The van der Waals surface area contributed by atoms with Crippen molar-refractivity contribution in [2.45, 2.75) is 18.8 Å². The van der Waals surface area contributed by atoms with Gasteiger partial charge in [-0.05, 0) is 13.3 Å². The van der Waals surface area contributed by atoms with Crippen LogP contribution in [0.3, 0.4) is 0 Å². The van der Waals surface area contributed by atoms with Crippen LogP contribution in [0.2, 0.25) is 0 Å². The monoisotopic (exact) mass is 234 g/mol. The van der Waals surface area contributed by atoms with Crippen LogP contribution in [-0.2, 0) is 19.0 Å². The Morgan fingerprint density at radius 1 is 1.13 bits per heavy atom. The molecule has 0 bridgehead atoms. The number of thiol groups is 1. The van der Waals surface area contributed by atoms with Gasteiger partial charge in [0.25, 0.3) is 0 Å². The molecule has 5 heteroatoms. The maximum atomic E-state index is 10.7. The Kier molecular flexibility index (Phi) is 6.24. The van der Waals surface area contributed by atoms with Crippen molar-refractivity contribution < 1.29 is 19.0 Å². The van der Waals surface area contributed by atoms with Gasteiger partial charge in [-0.1, -0.05) is 0 Å². The van der Waals surface area contributed by atoms with E-state index in [4.69, 9.17) is 14.2 Å². The maximum Gasteiger partial charge on any atom is 0.136 e. The molecule has 88 valence electrons. The third-order valence-corrected chi connectivity index (χ3v) is 2.84. The highest BCUT2D eigenvalue weighted by molar-refractivity contribution is 7.80. The van der Waals surface area contributed by atoms with E-state index in [0.29, 0.717) is 6.61 Å². The van der Waals surface area contributed by atoms with E-state index in [-0.39, 0.29) is 17.1 Å². The fraction of sp³-hybridized carbons (Fsp3) is 0.900. The minimum absolute atomic E-state index is 0.0355. The first-order valence-corrected chi connectivity index (χ1v) is 5.69. The van der Waals surface area contributed by atoms with Gasteiger partial charge in [0.1, 0.15) is 11.2 Å². The molecule has 0 aromatic heterocycles. The first-order valence-electron chi connectivity index (χ1n) is 5.17. The third kappa shape index (κ3) is 4.97. The van der Waals surface area contributed by atoms with E-state index < -0.39 is 0 Å². The summed E-state index contributed by atoms with van der Waals surface area (Å²) in [4.78, 5) is 10.7. The first kappa shape index (κ1) is 13.0. The van der Waals surface area contributed by atoms with E-state index in [1.807, 2.05) is 0 Å². The standard InChI is InChI=1S/C6H10O2S.C4H8O2/c1-4(7)5-2-3-8-6(5)9;1-2-6-4-3-5-1/h5-6,9H,2-3H2,1H3;1-4H2. The molecule has 2 rings (SSSR count). The highest BCUT2D eigenvalue weighted by Crippen LogP contribution is 2.23. The molecule has 2 aliphatic heterocycles. The van der Waals surface area contributed by atoms with Crippen molar-refractivity contribution in [2.24, 2.45) is 5.92 Å². The molecule has 2 fully saturated rings. The van der Waals surface area contributed by atoms with Crippen LogP contribution >= 0.6 is 12.6 Å². The molecule has 2 saturated heterocycles. The van der Waals surface area contributed by atoms with Crippen molar-refractivity contribution in [3.63, 3.8) is 0 Å². The Labute approximate surface area is 95.7 Å². The average Bonchev–Trinajstić information content (AvgIpc) is 2.68. The summed E-state index contributed by atoms with van der Waals surface area (Å²) in [5.41, 5.74) is -0.150. The molecule has 2 atom stereocenters. The van der Waals surface area contributed by atoms with Crippen molar-refractivity contribution in [1.29, 1.82) is 0 Å². The van der Waals surface area contributed by atoms with E-state index in [2.05, 4.69) is 12.6 Å². The van der Waals surface area contributed by atoms with Crippen molar-refractivity contribution in [3.8, 4) is 0 Å². The van der Waals surface area contributed by atoms with Crippen LogP contribution in [0.15, 0.2) is 0 Å². The van der Waals surface area contributed by atoms with Crippen molar-refractivity contribution in [1.82, 2.24) is 0 Å². The molecular formula is C10H18O4S. The number of Topliss-reactive ketones (excluding diaryl/α,β-unsaturated/α-hetero) is 1. The summed E-state index contributed by atoms with van der Waals surface area (Å²) in [7, 11) is 0. The lowest BCUT2D eigenvalue weighted by Gasteiger charge is -2.09. The average molecular weight is 234 g/mol. The molecule has 0 N–H and O–H groups in total. The maximum absolute atomic E-state index is 10.7. The fourth-order valence-corrected chi connectivity index (χ4v) is 1.88. The molecule has 0 aromatic carbocycles. The summed E-state index contributed by atoms with van der Waals surface area (Å²) < 4.78 is 15.0. The molecule has 2 heterocycles. The Morgan fingerprint density at radius 2 is 1.67 bits per heavy atom. The van der Waals surface area contributed by atoms with Crippen molar-refractivity contribution in [3.05, 3.63) is 0 Å². The zero-order valence-electron chi connectivity index (χ0n) is 8.98. The number of ketones is 1. The molecular weight excluding hydrogens is 216 g/mol. The SMILES string of the molecule is C1COCCO1.CC(=O)C1CCOC1S. The number of carbonyl (C=O) groups excluding carboxylic acids is 1. The normalized spacial score (nSPS) is 30.5. The van der Waals surface area contributed by atoms with Crippen LogP contribution in [-0.4, -0.2) is 44.3 Å². The molecule has 0 saturated carbocycles. The highest BCUT2D eigenvalue weighted by atomic mass is 32.1. The van der Waals surface area contributed by atoms with Crippen LogP contribution in [0, 0.1) is 5.92 Å². The second-order valence-corrected chi connectivity index (χ2v) is 4.00. The van der Waals surface area contributed by atoms with Crippen molar-refractivity contribution in [2.75, 3.05) is 33.0 Å².